The van der Waals surface area contributed by atoms with Crippen molar-refractivity contribution < 1.29 is 19.0 Å². The Hall–Kier alpha value is -1.97. The third-order valence-corrected chi connectivity index (χ3v) is 8.43. The molecule has 2 atom stereocenters. The largest absolute Gasteiger partial charge is 0.496 e. The molecule has 4 heteroatoms. The molecule has 0 radical (unpaired) electrons. The van der Waals surface area contributed by atoms with Crippen LogP contribution in [0.15, 0.2) is 18.2 Å². The lowest BCUT2D eigenvalue weighted by Gasteiger charge is -2.39. The highest BCUT2D eigenvalue weighted by molar-refractivity contribution is 5.99. The summed E-state index contributed by atoms with van der Waals surface area (Å²) >= 11 is 0. The fraction of sp³-hybridized carbons (Fsp3) is 0.679. The Morgan fingerprint density at radius 3 is 2.19 bits per heavy atom. The summed E-state index contributed by atoms with van der Waals surface area (Å²) in [7, 11) is 4.91. The maximum absolute atomic E-state index is 13.2. The maximum atomic E-state index is 13.2. The first kappa shape index (κ1) is 24.7. The SMILES string of the molecule is CCCCCCC(C)(C)c1cc(OC)c(C2=CC3CCC2(C(=O)OC)C3(C)C)c(OC)c1. The van der Waals surface area contributed by atoms with Crippen molar-refractivity contribution in [3.63, 3.8) is 0 Å². The van der Waals surface area contributed by atoms with Gasteiger partial charge >= 0.3 is 5.97 Å². The van der Waals surface area contributed by atoms with Gasteiger partial charge in [-0.1, -0.05) is 66.4 Å². The van der Waals surface area contributed by atoms with E-state index in [9.17, 15) is 4.79 Å². The average Bonchev–Trinajstić information content (AvgIpc) is 3.17. The molecule has 1 aromatic rings. The van der Waals surface area contributed by atoms with Crippen molar-refractivity contribution in [3.8, 4) is 11.5 Å². The Balaban J connectivity index is 2.09. The molecule has 3 rings (SSSR count). The highest BCUT2D eigenvalue weighted by Gasteiger charge is 2.65. The second-order valence-corrected chi connectivity index (χ2v) is 10.8. The minimum absolute atomic E-state index is 0.00913. The molecule has 0 aromatic heterocycles. The van der Waals surface area contributed by atoms with Crippen molar-refractivity contribution in [2.45, 2.75) is 85.0 Å². The second kappa shape index (κ2) is 9.11. The number of hydrogen-bond acceptors (Lipinski definition) is 4. The van der Waals surface area contributed by atoms with E-state index in [1.165, 1.54) is 38.4 Å². The van der Waals surface area contributed by atoms with E-state index in [-0.39, 0.29) is 16.8 Å². The predicted molar refractivity (Wildman–Crippen MR) is 130 cm³/mol. The molecule has 4 nitrogen and oxygen atoms in total. The van der Waals surface area contributed by atoms with Crippen molar-refractivity contribution in [1.82, 2.24) is 0 Å². The van der Waals surface area contributed by atoms with Gasteiger partial charge in [-0.3, -0.25) is 4.79 Å². The molecular formula is C28H42O4. The zero-order valence-electron chi connectivity index (χ0n) is 21.4. The first-order valence-corrected chi connectivity index (χ1v) is 12.2. The van der Waals surface area contributed by atoms with Crippen LogP contribution in [0.3, 0.4) is 0 Å². The number of fused-ring (bicyclic) bond motifs is 2. The number of carbonyl (C=O) groups is 1. The minimum Gasteiger partial charge on any atom is -0.496 e. The topological polar surface area (TPSA) is 44.8 Å². The Morgan fingerprint density at radius 2 is 1.69 bits per heavy atom. The molecule has 0 N–H and O–H groups in total. The van der Waals surface area contributed by atoms with Gasteiger partial charge in [0.25, 0.3) is 0 Å². The third-order valence-electron chi connectivity index (χ3n) is 8.43. The van der Waals surface area contributed by atoms with E-state index in [4.69, 9.17) is 14.2 Å². The van der Waals surface area contributed by atoms with Crippen LogP contribution in [0.4, 0.5) is 0 Å². The van der Waals surface area contributed by atoms with E-state index in [2.05, 4.69) is 52.8 Å². The van der Waals surface area contributed by atoms with Crippen molar-refractivity contribution in [2.75, 3.05) is 21.3 Å². The highest BCUT2D eigenvalue weighted by Crippen LogP contribution is 2.69. The van der Waals surface area contributed by atoms with Gasteiger partial charge in [-0.15, -0.1) is 0 Å². The van der Waals surface area contributed by atoms with Crippen LogP contribution >= 0.6 is 0 Å². The normalized spacial score (nSPS) is 23.8. The van der Waals surface area contributed by atoms with Gasteiger partial charge in [-0.25, -0.2) is 0 Å². The molecular weight excluding hydrogens is 400 g/mol. The number of rotatable bonds is 10. The molecule has 32 heavy (non-hydrogen) atoms. The molecule has 2 bridgehead atoms. The van der Waals surface area contributed by atoms with Crippen LogP contribution in [0.2, 0.25) is 0 Å². The van der Waals surface area contributed by atoms with Gasteiger partial charge in [-0.05, 0) is 59.3 Å². The first-order valence-electron chi connectivity index (χ1n) is 12.2. The van der Waals surface area contributed by atoms with E-state index < -0.39 is 5.41 Å². The number of carbonyl (C=O) groups excluding carboxylic acids is 1. The first-order chi connectivity index (χ1) is 15.1. The monoisotopic (exact) mass is 442 g/mol. The number of benzene rings is 1. The van der Waals surface area contributed by atoms with Gasteiger partial charge in [0.2, 0.25) is 0 Å². The smallest absolute Gasteiger partial charge is 0.316 e. The number of allylic oxidation sites excluding steroid dienone is 1. The van der Waals surface area contributed by atoms with Gasteiger partial charge < -0.3 is 14.2 Å². The Kier molecular flexibility index (Phi) is 7.02. The summed E-state index contributed by atoms with van der Waals surface area (Å²) in [6.07, 6.45) is 10.2. The van der Waals surface area contributed by atoms with Crippen LogP contribution in [-0.2, 0) is 14.9 Å². The Bertz CT molecular complexity index is 854. The van der Waals surface area contributed by atoms with Crippen LogP contribution in [0.1, 0.15) is 90.7 Å². The number of esters is 1. The van der Waals surface area contributed by atoms with Gasteiger partial charge in [0.05, 0.1) is 32.3 Å². The van der Waals surface area contributed by atoms with E-state index in [0.717, 1.165) is 41.9 Å². The van der Waals surface area contributed by atoms with Crippen molar-refractivity contribution in [1.29, 1.82) is 0 Å². The van der Waals surface area contributed by atoms with Crippen LogP contribution in [0.25, 0.3) is 5.57 Å². The van der Waals surface area contributed by atoms with Crippen LogP contribution in [0.5, 0.6) is 11.5 Å². The van der Waals surface area contributed by atoms with Gasteiger partial charge in [-0.2, -0.15) is 0 Å². The molecule has 2 unspecified atom stereocenters. The zero-order valence-corrected chi connectivity index (χ0v) is 21.4. The highest BCUT2D eigenvalue weighted by atomic mass is 16.5. The van der Waals surface area contributed by atoms with Gasteiger partial charge in [0.1, 0.15) is 11.5 Å². The van der Waals surface area contributed by atoms with E-state index in [0.29, 0.717) is 5.92 Å². The summed E-state index contributed by atoms with van der Waals surface area (Å²) in [5.41, 5.74) is 2.25. The van der Waals surface area contributed by atoms with Crippen LogP contribution in [-0.4, -0.2) is 27.3 Å². The van der Waals surface area contributed by atoms with Gasteiger partial charge in [0.15, 0.2) is 0 Å². The summed E-state index contributed by atoms with van der Waals surface area (Å²) in [5, 5.41) is 0. The molecule has 0 aliphatic heterocycles. The summed E-state index contributed by atoms with van der Waals surface area (Å²) in [4.78, 5) is 13.2. The lowest BCUT2D eigenvalue weighted by molar-refractivity contribution is -0.153. The molecule has 2 aliphatic rings. The van der Waals surface area contributed by atoms with Crippen LogP contribution < -0.4 is 9.47 Å². The molecule has 1 saturated carbocycles. The molecule has 0 spiro atoms. The summed E-state index contributed by atoms with van der Waals surface area (Å²) in [6.45, 7) is 11.2. The fourth-order valence-electron chi connectivity index (χ4n) is 6.14. The van der Waals surface area contributed by atoms with Crippen LogP contribution in [0, 0.1) is 16.7 Å². The number of methoxy groups -OCH3 is 3. The molecule has 1 fully saturated rings. The van der Waals surface area contributed by atoms with Gasteiger partial charge in [0, 0.05) is 0 Å². The number of ether oxygens (including phenoxy) is 3. The third kappa shape index (κ3) is 3.74. The predicted octanol–water partition coefficient (Wildman–Crippen LogP) is 6.94. The Morgan fingerprint density at radius 1 is 1.06 bits per heavy atom. The average molecular weight is 443 g/mol. The summed E-state index contributed by atoms with van der Waals surface area (Å²) in [6, 6.07) is 4.31. The minimum atomic E-state index is -0.676. The zero-order chi connectivity index (χ0) is 23.7. The lowest BCUT2D eigenvalue weighted by atomic mass is 9.64. The lowest BCUT2D eigenvalue weighted by Crippen LogP contribution is -2.41. The molecule has 0 amide bonds. The van der Waals surface area contributed by atoms with E-state index >= 15 is 0 Å². The molecule has 2 aliphatic carbocycles. The van der Waals surface area contributed by atoms with Crippen molar-refractivity contribution >= 4 is 11.5 Å². The molecule has 1 aromatic carbocycles. The molecule has 0 saturated heterocycles. The van der Waals surface area contributed by atoms with E-state index in [1.807, 2.05) is 0 Å². The fourth-order valence-corrected chi connectivity index (χ4v) is 6.14. The second-order valence-electron chi connectivity index (χ2n) is 10.8. The van der Waals surface area contributed by atoms with Crippen molar-refractivity contribution in [2.24, 2.45) is 16.7 Å². The Labute approximate surface area is 194 Å². The summed E-state index contributed by atoms with van der Waals surface area (Å²) in [5.74, 6) is 1.73. The summed E-state index contributed by atoms with van der Waals surface area (Å²) < 4.78 is 17.3. The standard InChI is InChI=1S/C28H42O4/c1-9-10-11-12-14-26(2,3)20-17-22(30-6)24(23(18-20)31-7)21-16-19-13-15-28(21,25(29)32-8)27(19,4)5/h16-19H,9-15H2,1-8H3. The van der Waals surface area contributed by atoms with Crippen molar-refractivity contribution in [3.05, 3.63) is 29.3 Å². The number of unbranched alkanes of at least 4 members (excludes halogenated alkanes) is 3. The maximum Gasteiger partial charge on any atom is 0.316 e. The molecule has 178 valence electrons. The van der Waals surface area contributed by atoms with E-state index in [1.54, 1.807) is 14.2 Å². The quantitative estimate of drug-likeness (QED) is 0.291. The number of hydrogen-bond donors (Lipinski definition) is 0. The molecule has 0 heterocycles.